The molecule has 1 atom stereocenters. The van der Waals surface area contributed by atoms with Gasteiger partial charge in [-0.1, -0.05) is 38.7 Å². The molecule has 1 saturated carbocycles. The van der Waals surface area contributed by atoms with Gasteiger partial charge < -0.3 is 0 Å². The van der Waals surface area contributed by atoms with Crippen LogP contribution in [-0.2, 0) is 0 Å². The molecule has 1 aliphatic rings. The van der Waals surface area contributed by atoms with E-state index in [9.17, 15) is 0 Å². The molecule has 0 amide bonds. The lowest BCUT2D eigenvalue weighted by molar-refractivity contribution is 0.174. The largest absolute Gasteiger partial charge is 0.271 e. The van der Waals surface area contributed by atoms with E-state index >= 15 is 0 Å². The molecule has 1 aliphatic carbocycles. The van der Waals surface area contributed by atoms with Gasteiger partial charge in [-0.05, 0) is 43.9 Å². The van der Waals surface area contributed by atoms with E-state index < -0.39 is 0 Å². The molecule has 2 nitrogen and oxygen atoms in total. The van der Waals surface area contributed by atoms with Gasteiger partial charge in [-0.2, -0.15) is 0 Å². The number of hydrogen-bond donors (Lipinski definition) is 2. The third-order valence-electron chi connectivity index (χ3n) is 4.64. The molecule has 0 bridgehead atoms. The molecule has 0 aromatic carbocycles. The summed E-state index contributed by atoms with van der Waals surface area (Å²) in [6.45, 7) is 6.09. The summed E-state index contributed by atoms with van der Waals surface area (Å²) in [6, 6.07) is 0.527. The van der Waals surface area contributed by atoms with Crippen molar-refractivity contribution in [3.05, 3.63) is 12.7 Å². The number of unbranched alkanes of at least 4 members (excludes halogenated alkanes) is 3. The first kappa shape index (κ1) is 14.7. The zero-order valence-electron chi connectivity index (χ0n) is 11.5. The van der Waals surface area contributed by atoms with Gasteiger partial charge in [-0.25, -0.2) is 0 Å². The summed E-state index contributed by atoms with van der Waals surface area (Å²) in [5.41, 5.74) is 3.60. The Labute approximate surface area is 107 Å². The van der Waals surface area contributed by atoms with Gasteiger partial charge in [0, 0.05) is 6.04 Å². The van der Waals surface area contributed by atoms with Crippen LogP contribution in [0.4, 0.5) is 0 Å². The van der Waals surface area contributed by atoms with Crippen LogP contribution >= 0.6 is 0 Å². The van der Waals surface area contributed by atoms with Gasteiger partial charge in [0.2, 0.25) is 0 Å². The Kier molecular flexibility index (Phi) is 6.83. The molecule has 3 N–H and O–H groups in total. The molecule has 17 heavy (non-hydrogen) atoms. The van der Waals surface area contributed by atoms with Crippen LogP contribution < -0.4 is 11.3 Å². The average molecular weight is 238 g/mol. The molecule has 0 radical (unpaired) electrons. The van der Waals surface area contributed by atoms with Gasteiger partial charge in [0.1, 0.15) is 0 Å². The van der Waals surface area contributed by atoms with Gasteiger partial charge in [-0.3, -0.25) is 11.3 Å². The normalized spacial score (nSPS) is 20.4. The highest BCUT2D eigenvalue weighted by atomic mass is 15.2. The summed E-state index contributed by atoms with van der Waals surface area (Å²) in [4.78, 5) is 0. The summed E-state index contributed by atoms with van der Waals surface area (Å²) in [7, 11) is 0. The Morgan fingerprint density at radius 3 is 2.53 bits per heavy atom. The molecule has 0 heterocycles. The van der Waals surface area contributed by atoms with E-state index in [1.165, 1.54) is 57.8 Å². The fraction of sp³-hybridized carbons (Fsp3) is 0.867. The molecule has 1 rings (SSSR count). The molecule has 2 heteroatoms. The first-order valence-electron chi connectivity index (χ1n) is 7.36. The second-order valence-electron chi connectivity index (χ2n) is 5.57. The van der Waals surface area contributed by atoms with Crippen LogP contribution in [0, 0.1) is 5.41 Å². The van der Waals surface area contributed by atoms with Crippen molar-refractivity contribution in [1.82, 2.24) is 5.43 Å². The summed E-state index contributed by atoms with van der Waals surface area (Å²) >= 11 is 0. The fourth-order valence-corrected chi connectivity index (χ4v) is 3.41. The van der Waals surface area contributed by atoms with Crippen LogP contribution in [0.15, 0.2) is 12.7 Å². The first-order chi connectivity index (χ1) is 8.29. The van der Waals surface area contributed by atoms with Gasteiger partial charge >= 0.3 is 0 Å². The van der Waals surface area contributed by atoms with E-state index in [1.54, 1.807) is 0 Å². The van der Waals surface area contributed by atoms with Crippen molar-refractivity contribution in [2.45, 2.75) is 77.2 Å². The maximum atomic E-state index is 5.79. The second kappa shape index (κ2) is 7.88. The lowest BCUT2D eigenvalue weighted by Gasteiger charge is -2.36. The minimum atomic E-state index is 0.493. The molecule has 0 aliphatic heterocycles. The number of nitrogens with one attached hydrogen (secondary N) is 1. The Morgan fingerprint density at radius 2 is 2.00 bits per heavy atom. The smallest absolute Gasteiger partial charge is 0.0266 e. The SMILES string of the molecule is C=CCCCCCC(NN)C1(CC)CCCC1. The van der Waals surface area contributed by atoms with Gasteiger partial charge in [-0.15, -0.1) is 6.58 Å². The summed E-state index contributed by atoms with van der Waals surface area (Å²) in [5.74, 6) is 5.79. The standard InChI is InChI=1S/C15H30N2/c1-3-5-6-7-8-11-14(17-16)15(4-2)12-9-10-13-15/h3,14,17H,1,4-13,16H2,2H3. The summed E-state index contributed by atoms with van der Waals surface area (Å²) in [5, 5.41) is 0. The second-order valence-corrected chi connectivity index (χ2v) is 5.57. The molecule has 1 unspecified atom stereocenters. The number of allylic oxidation sites excluding steroid dienone is 1. The lowest BCUT2D eigenvalue weighted by atomic mass is 9.74. The van der Waals surface area contributed by atoms with Crippen LogP contribution in [0.25, 0.3) is 0 Å². The molecule has 0 saturated heterocycles. The van der Waals surface area contributed by atoms with Crippen molar-refractivity contribution in [2.75, 3.05) is 0 Å². The maximum absolute atomic E-state index is 5.79. The highest BCUT2D eigenvalue weighted by Crippen LogP contribution is 2.44. The highest BCUT2D eigenvalue weighted by molar-refractivity contribution is 4.92. The summed E-state index contributed by atoms with van der Waals surface area (Å²) in [6.07, 6.45) is 15.1. The van der Waals surface area contributed by atoms with E-state index in [0.29, 0.717) is 11.5 Å². The summed E-state index contributed by atoms with van der Waals surface area (Å²) < 4.78 is 0. The molecule has 0 spiro atoms. The zero-order chi connectivity index (χ0) is 12.6. The fourth-order valence-electron chi connectivity index (χ4n) is 3.41. The zero-order valence-corrected chi connectivity index (χ0v) is 11.5. The van der Waals surface area contributed by atoms with Gasteiger partial charge in [0.05, 0.1) is 0 Å². The predicted octanol–water partition coefficient (Wildman–Crippen LogP) is 3.93. The van der Waals surface area contributed by atoms with Crippen LogP contribution in [0.5, 0.6) is 0 Å². The van der Waals surface area contributed by atoms with E-state index in [2.05, 4.69) is 18.9 Å². The van der Waals surface area contributed by atoms with Crippen molar-refractivity contribution in [1.29, 1.82) is 0 Å². The van der Waals surface area contributed by atoms with E-state index in [1.807, 2.05) is 6.08 Å². The van der Waals surface area contributed by atoms with Crippen LogP contribution in [0.2, 0.25) is 0 Å². The quantitative estimate of drug-likeness (QED) is 0.276. The van der Waals surface area contributed by atoms with E-state index in [-0.39, 0.29) is 0 Å². The monoisotopic (exact) mass is 238 g/mol. The molecule has 0 aromatic rings. The predicted molar refractivity (Wildman–Crippen MR) is 75.6 cm³/mol. The Hall–Kier alpha value is -0.340. The Balaban J connectivity index is 2.33. The van der Waals surface area contributed by atoms with Crippen molar-refractivity contribution in [3.8, 4) is 0 Å². The van der Waals surface area contributed by atoms with Crippen LogP contribution in [-0.4, -0.2) is 6.04 Å². The Bertz CT molecular complexity index is 207. The number of hydrogen-bond acceptors (Lipinski definition) is 2. The lowest BCUT2D eigenvalue weighted by Crippen LogP contribution is -2.47. The molecule has 0 aromatic heterocycles. The Morgan fingerprint density at radius 1 is 1.29 bits per heavy atom. The van der Waals surface area contributed by atoms with E-state index in [0.717, 1.165) is 6.42 Å². The molecule has 1 fully saturated rings. The third kappa shape index (κ3) is 4.11. The van der Waals surface area contributed by atoms with Crippen molar-refractivity contribution >= 4 is 0 Å². The minimum absolute atomic E-state index is 0.493. The highest BCUT2D eigenvalue weighted by Gasteiger charge is 2.38. The molecular formula is C15H30N2. The number of rotatable bonds is 9. The number of nitrogens with two attached hydrogens (primary N) is 1. The van der Waals surface area contributed by atoms with E-state index in [4.69, 9.17) is 5.84 Å². The van der Waals surface area contributed by atoms with Crippen molar-refractivity contribution in [3.63, 3.8) is 0 Å². The molecular weight excluding hydrogens is 208 g/mol. The topological polar surface area (TPSA) is 38.0 Å². The van der Waals surface area contributed by atoms with Gasteiger partial charge in [0.15, 0.2) is 0 Å². The van der Waals surface area contributed by atoms with Crippen LogP contribution in [0.1, 0.15) is 71.1 Å². The van der Waals surface area contributed by atoms with Crippen molar-refractivity contribution < 1.29 is 0 Å². The molecule has 100 valence electrons. The first-order valence-corrected chi connectivity index (χ1v) is 7.36. The minimum Gasteiger partial charge on any atom is -0.271 e. The number of hydrazine groups is 1. The van der Waals surface area contributed by atoms with Gasteiger partial charge in [0.25, 0.3) is 0 Å². The van der Waals surface area contributed by atoms with Crippen molar-refractivity contribution in [2.24, 2.45) is 11.3 Å². The van der Waals surface area contributed by atoms with Crippen LogP contribution in [0.3, 0.4) is 0 Å². The maximum Gasteiger partial charge on any atom is 0.0266 e. The average Bonchev–Trinajstić information content (AvgIpc) is 2.83. The third-order valence-corrected chi connectivity index (χ3v) is 4.64.